The van der Waals surface area contributed by atoms with Crippen molar-refractivity contribution < 1.29 is 19.2 Å². The lowest BCUT2D eigenvalue weighted by atomic mass is 9.98. The monoisotopic (exact) mass is 301 g/mol. The number of rotatable bonds is 4. The first-order valence-corrected chi connectivity index (χ1v) is 6.13. The van der Waals surface area contributed by atoms with Crippen LogP contribution in [-0.2, 0) is 0 Å². The molecule has 1 aromatic carbocycles. The van der Waals surface area contributed by atoms with Crippen molar-refractivity contribution in [2.24, 2.45) is 0 Å². The average Bonchev–Trinajstić information content (AvgIpc) is 2.45. The van der Waals surface area contributed by atoms with Crippen LogP contribution in [0.4, 0.5) is 5.69 Å². The van der Waals surface area contributed by atoms with Crippen molar-refractivity contribution in [3.05, 3.63) is 74.3 Å². The van der Waals surface area contributed by atoms with Gasteiger partial charge in [-0.3, -0.25) is 14.9 Å². The van der Waals surface area contributed by atoms with Crippen molar-refractivity contribution >= 4 is 17.0 Å². The van der Waals surface area contributed by atoms with E-state index in [4.69, 9.17) is 4.42 Å². The number of nitrogens with zero attached hydrogens (tertiary/aromatic N) is 1. The highest BCUT2D eigenvalue weighted by atomic mass is 16.6. The van der Waals surface area contributed by atoms with Gasteiger partial charge in [0.25, 0.3) is 5.69 Å². The number of aryl methyl sites for hydroxylation is 1. The molecule has 0 bridgehead atoms. The standard InChI is InChI=1S/C15H11NO6/c1-8-7-12(17)13(15(19)22-8)14(18)9(2)10-3-5-11(6-4-10)16(20)21/h3-7,17H,2H2,1H3. The summed E-state index contributed by atoms with van der Waals surface area (Å²) in [5.74, 6) is -1.14. The fourth-order valence-corrected chi connectivity index (χ4v) is 1.87. The zero-order chi connectivity index (χ0) is 16.4. The highest BCUT2D eigenvalue weighted by Gasteiger charge is 2.22. The number of hydrogen-bond donors (Lipinski definition) is 1. The molecule has 0 aliphatic rings. The Balaban J connectivity index is 2.40. The fourth-order valence-electron chi connectivity index (χ4n) is 1.87. The van der Waals surface area contributed by atoms with Gasteiger partial charge in [0, 0.05) is 23.8 Å². The van der Waals surface area contributed by atoms with Crippen LogP contribution in [0.5, 0.6) is 5.75 Å². The van der Waals surface area contributed by atoms with Gasteiger partial charge in [-0.2, -0.15) is 0 Å². The second kappa shape index (κ2) is 5.65. The lowest BCUT2D eigenvalue weighted by Crippen LogP contribution is -2.15. The summed E-state index contributed by atoms with van der Waals surface area (Å²) in [6, 6.07) is 6.25. The summed E-state index contributed by atoms with van der Waals surface area (Å²) < 4.78 is 4.78. The summed E-state index contributed by atoms with van der Waals surface area (Å²) in [7, 11) is 0. The SMILES string of the molecule is C=C(C(=O)c1c(O)cc(C)oc1=O)c1ccc([N+](=O)[O-])cc1. The summed E-state index contributed by atoms with van der Waals surface area (Å²) >= 11 is 0. The molecule has 22 heavy (non-hydrogen) atoms. The topological polar surface area (TPSA) is 111 Å². The van der Waals surface area contributed by atoms with E-state index in [1.54, 1.807) is 0 Å². The molecular formula is C15H11NO6. The van der Waals surface area contributed by atoms with Crippen LogP contribution in [0.25, 0.3) is 5.57 Å². The number of benzene rings is 1. The largest absolute Gasteiger partial charge is 0.507 e. The van der Waals surface area contributed by atoms with Crippen LogP contribution in [0.3, 0.4) is 0 Å². The van der Waals surface area contributed by atoms with Gasteiger partial charge in [-0.05, 0) is 24.6 Å². The van der Waals surface area contributed by atoms with Gasteiger partial charge in [0.05, 0.1) is 4.92 Å². The Labute approximate surface area is 124 Å². The summed E-state index contributed by atoms with van der Waals surface area (Å²) in [6.07, 6.45) is 0. The molecule has 7 heteroatoms. The van der Waals surface area contributed by atoms with Crippen molar-refractivity contribution in [3.8, 4) is 5.75 Å². The van der Waals surface area contributed by atoms with E-state index in [0.29, 0.717) is 5.56 Å². The second-order valence-electron chi connectivity index (χ2n) is 4.52. The predicted octanol–water partition coefficient (Wildman–Crippen LogP) is 2.46. The lowest BCUT2D eigenvalue weighted by molar-refractivity contribution is -0.384. The molecule has 1 aromatic heterocycles. The zero-order valence-corrected chi connectivity index (χ0v) is 11.5. The van der Waals surface area contributed by atoms with E-state index < -0.39 is 27.6 Å². The third-order valence-corrected chi connectivity index (χ3v) is 2.98. The van der Waals surface area contributed by atoms with E-state index in [1.807, 2.05) is 0 Å². The van der Waals surface area contributed by atoms with E-state index in [-0.39, 0.29) is 17.0 Å². The average molecular weight is 301 g/mol. The third-order valence-electron chi connectivity index (χ3n) is 2.98. The Morgan fingerprint density at radius 1 is 1.32 bits per heavy atom. The van der Waals surface area contributed by atoms with Crippen molar-refractivity contribution in [2.45, 2.75) is 6.92 Å². The summed E-state index contributed by atoms with van der Waals surface area (Å²) in [4.78, 5) is 34.0. The Morgan fingerprint density at radius 2 is 1.91 bits per heavy atom. The van der Waals surface area contributed by atoms with Crippen LogP contribution in [0.15, 0.2) is 46.1 Å². The molecule has 0 radical (unpaired) electrons. The van der Waals surface area contributed by atoms with Crippen molar-refractivity contribution in [2.75, 3.05) is 0 Å². The smallest absolute Gasteiger partial charge is 0.351 e. The third kappa shape index (κ3) is 2.78. The number of ketones is 1. The number of aromatic hydroxyl groups is 1. The lowest BCUT2D eigenvalue weighted by Gasteiger charge is -2.06. The zero-order valence-electron chi connectivity index (χ0n) is 11.5. The molecule has 2 aromatic rings. The fraction of sp³-hybridized carbons (Fsp3) is 0.0667. The molecule has 0 atom stereocenters. The Hall–Kier alpha value is -3.22. The molecule has 0 saturated heterocycles. The maximum Gasteiger partial charge on any atom is 0.351 e. The van der Waals surface area contributed by atoms with Gasteiger partial charge in [-0.1, -0.05) is 6.58 Å². The quantitative estimate of drug-likeness (QED) is 0.402. The first kappa shape index (κ1) is 15.2. The molecule has 1 heterocycles. The Bertz CT molecular complexity index is 832. The van der Waals surface area contributed by atoms with E-state index in [0.717, 1.165) is 6.07 Å². The molecule has 0 saturated carbocycles. The Morgan fingerprint density at radius 3 is 2.41 bits per heavy atom. The molecule has 7 nitrogen and oxygen atoms in total. The van der Waals surface area contributed by atoms with Gasteiger partial charge in [0.15, 0.2) is 0 Å². The number of allylic oxidation sites excluding steroid dienone is 1. The van der Waals surface area contributed by atoms with Crippen LogP contribution >= 0.6 is 0 Å². The predicted molar refractivity (Wildman–Crippen MR) is 77.8 cm³/mol. The van der Waals surface area contributed by atoms with Crippen LogP contribution in [0.1, 0.15) is 21.7 Å². The molecule has 0 aliphatic heterocycles. The van der Waals surface area contributed by atoms with Crippen LogP contribution in [0, 0.1) is 17.0 Å². The normalized spacial score (nSPS) is 10.2. The van der Waals surface area contributed by atoms with Gasteiger partial charge >= 0.3 is 5.63 Å². The first-order valence-electron chi connectivity index (χ1n) is 6.13. The number of nitro benzene ring substituents is 1. The van der Waals surface area contributed by atoms with E-state index >= 15 is 0 Å². The molecule has 0 unspecified atom stereocenters. The first-order chi connectivity index (χ1) is 10.3. The number of nitro groups is 1. The minimum atomic E-state index is -0.967. The number of Topliss-reactive ketones (excluding diaryl/α,β-unsaturated/α-hetero) is 1. The molecule has 0 amide bonds. The molecule has 1 N–H and O–H groups in total. The molecule has 2 rings (SSSR count). The maximum absolute atomic E-state index is 12.3. The molecule has 112 valence electrons. The molecule has 0 aliphatic carbocycles. The van der Waals surface area contributed by atoms with Crippen LogP contribution < -0.4 is 5.63 Å². The summed E-state index contributed by atoms with van der Waals surface area (Å²) in [5, 5.41) is 20.3. The Kier molecular flexibility index (Phi) is 3.89. The number of carbonyl (C=O) groups excluding carboxylic acids is 1. The van der Waals surface area contributed by atoms with Gasteiger partial charge in [0.1, 0.15) is 17.1 Å². The number of hydrogen-bond acceptors (Lipinski definition) is 6. The minimum Gasteiger partial charge on any atom is -0.507 e. The molecule has 0 fully saturated rings. The van der Waals surface area contributed by atoms with Crippen LogP contribution in [-0.4, -0.2) is 15.8 Å². The van der Waals surface area contributed by atoms with Crippen molar-refractivity contribution in [1.82, 2.24) is 0 Å². The van der Waals surface area contributed by atoms with E-state index in [1.165, 1.54) is 31.2 Å². The minimum absolute atomic E-state index is 0.0821. The number of carbonyl (C=O) groups is 1. The summed E-state index contributed by atoms with van der Waals surface area (Å²) in [5.41, 5.74) is -1.41. The van der Waals surface area contributed by atoms with Crippen molar-refractivity contribution in [3.63, 3.8) is 0 Å². The van der Waals surface area contributed by atoms with Crippen LogP contribution in [0.2, 0.25) is 0 Å². The second-order valence-corrected chi connectivity index (χ2v) is 4.52. The molecule has 0 spiro atoms. The van der Waals surface area contributed by atoms with Gasteiger partial charge in [0.2, 0.25) is 5.78 Å². The molecular weight excluding hydrogens is 290 g/mol. The maximum atomic E-state index is 12.3. The van der Waals surface area contributed by atoms with E-state index in [2.05, 4.69) is 6.58 Å². The van der Waals surface area contributed by atoms with Gasteiger partial charge in [-0.25, -0.2) is 4.79 Å². The van der Waals surface area contributed by atoms with Gasteiger partial charge < -0.3 is 9.52 Å². The highest BCUT2D eigenvalue weighted by Crippen LogP contribution is 2.24. The van der Waals surface area contributed by atoms with Gasteiger partial charge in [-0.15, -0.1) is 0 Å². The van der Waals surface area contributed by atoms with E-state index in [9.17, 15) is 24.8 Å². The van der Waals surface area contributed by atoms with Crippen molar-refractivity contribution in [1.29, 1.82) is 0 Å². The number of non-ortho nitro benzene ring substituents is 1. The summed E-state index contributed by atoms with van der Waals surface area (Å²) in [6.45, 7) is 5.03. The highest BCUT2D eigenvalue weighted by molar-refractivity contribution is 6.29.